The number of rotatable bonds is 4. The Labute approximate surface area is 137 Å². The lowest BCUT2D eigenvalue weighted by atomic mass is 9.98. The molecule has 2 atom stereocenters. The predicted octanol–water partition coefficient (Wildman–Crippen LogP) is 2.53. The van der Waals surface area contributed by atoms with Crippen LogP contribution in [0.3, 0.4) is 0 Å². The van der Waals surface area contributed by atoms with Gasteiger partial charge in [-0.15, -0.1) is 0 Å². The van der Waals surface area contributed by atoms with Crippen LogP contribution in [0.4, 0.5) is 0 Å². The van der Waals surface area contributed by atoms with Crippen LogP contribution in [0.2, 0.25) is 0 Å². The molecular weight excluding hydrogens is 286 g/mol. The van der Waals surface area contributed by atoms with Gasteiger partial charge in [0.05, 0.1) is 0 Å². The van der Waals surface area contributed by atoms with Gasteiger partial charge in [0.2, 0.25) is 5.91 Å². The number of hydrogen-bond donors (Lipinski definition) is 3. The zero-order valence-corrected chi connectivity index (χ0v) is 13.6. The summed E-state index contributed by atoms with van der Waals surface area (Å²) in [6.45, 7) is 4.79. The second-order valence-corrected chi connectivity index (χ2v) is 6.18. The summed E-state index contributed by atoms with van der Waals surface area (Å²) >= 11 is 0. The molecule has 0 bridgehead atoms. The third-order valence-corrected chi connectivity index (χ3v) is 4.46. The van der Waals surface area contributed by atoms with Crippen LogP contribution in [0.15, 0.2) is 48.5 Å². The standard InChI is InChI=1S/C19H23N3O/c1-13-8-9-16(10-14(13)2)17-11-18(22-21-17)19(23)20-12-15-6-4-3-5-7-15/h3-10,17-18,21-22H,11-12H2,1-2H3,(H,20,23). The van der Waals surface area contributed by atoms with Crippen LogP contribution in [0, 0.1) is 13.8 Å². The molecule has 3 N–H and O–H groups in total. The molecule has 4 heteroatoms. The lowest BCUT2D eigenvalue weighted by molar-refractivity contribution is -0.123. The molecule has 0 radical (unpaired) electrons. The third-order valence-electron chi connectivity index (χ3n) is 4.46. The predicted molar refractivity (Wildman–Crippen MR) is 91.6 cm³/mol. The highest BCUT2D eigenvalue weighted by molar-refractivity contribution is 5.82. The molecule has 1 aliphatic heterocycles. The molecule has 0 aliphatic carbocycles. The van der Waals surface area contributed by atoms with E-state index in [1.807, 2.05) is 30.3 Å². The van der Waals surface area contributed by atoms with E-state index >= 15 is 0 Å². The number of hydrogen-bond acceptors (Lipinski definition) is 3. The summed E-state index contributed by atoms with van der Waals surface area (Å²) in [6, 6.07) is 16.4. The zero-order chi connectivity index (χ0) is 16.2. The van der Waals surface area contributed by atoms with Gasteiger partial charge in [-0.25, -0.2) is 10.9 Å². The number of nitrogens with one attached hydrogen (secondary N) is 3. The van der Waals surface area contributed by atoms with Crippen LogP contribution in [-0.4, -0.2) is 11.9 Å². The first-order valence-electron chi connectivity index (χ1n) is 8.03. The topological polar surface area (TPSA) is 53.2 Å². The fourth-order valence-corrected chi connectivity index (χ4v) is 2.84. The Balaban J connectivity index is 1.56. The maximum Gasteiger partial charge on any atom is 0.238 e. The summed E-state index contributed by atoms with van der Waals surface area (Å²) in [5, 5.41) is 2.99. The highest BCUT2D eigenvalue weighted by Gasteiger charge is 2.29. The minimum Gasteiger partial charge on any atom is -0.351 e. The number of amides is 1. The van der Waals surface area contributed by atoms with E-state index in [1.165, 1.54) is 16.7 Å². The molecule has 23 heavy (non-hydrogen) atoms. The summed E-state index contributed by atoms with van der Waals surface area (Å²) in [7, 11) is 0. The quantitative estimate of drug-likeness (QED) is 0.813. The highest BCUT2D eigenvalue weighted by atomic mass is 16.2. The minimum atomic E-state index is -0.203. The van der Waals surface area contributed by atoms with Crippen molar-refractivity contribution in [2.24, 2.45) is 0 Å². The van der Waals surface area contributed by atoms with Gasteiger partial charge in [-0.1, -0.05) is 48.5 Å². The van der Waals surface area contributed by atoms with Gasteiger partial charge >= 0.3 is 0 Å². The Bertz CT molecular complexity index is 684. The molecule has 4 nitrogen and oxygen atoms in total. The van der Waals surface area contributed by atoms with Crippen molar-refractivity contribution >= 4 is 5.91 Å². The second-order valence-electron chi connectivity index (χ2n) is 6.18. The van der Waals surface area contributed by atoms with E-state index in [2.05, 4.69) is 48.2 Å². The molecule has 2 unspecified atom stereocenters. The average Bonchev–Trinajstić information content (AvgIpc) is 3.06. The van der Waals surface area contributed by atoms with Gasteiger partial charge in [0, 0.05) is 12.6 Å². The lowest BCUT2D eigenvalue weighted by Gasteiger charge is -2.12. The Morgan fingerprint density at radius 1 is 1.09 bits per heavy atom. The maximum absolute atomic E-state index is 12.3. The Morgan fingerprint density at radius 3 is 2.61 bits per heavy atom. The smallest absolute Gasteiger partial charge is 0.238 e. The molecule has 1 fully saturated rings. The fraction of sp³-hybridized carbons (Fsp3) is 0.316. The molecule has 120 valence electrons. The monoisotopic (exact) mass is 309 g/mol. The van der Waals surface area contributed by atoms with Gasteiger partial charge in [-0.3, -0.25) is 4.79 Å². The molecule has 1 saturated heterocycles. The van der Waals surface area contributed by atoms with Crippen molar-refractivity contribution < 1.29 is 4.79 Å². The van der Waals surface area contributed by atoms with Crippen molar-refractivity contribution in [3.05, 3.63) is 70.8 Å². The molecule has 1 aliphatic rings. The van der Waals surface area contributed by atoms with Crippen LogP contribution < -0.4 is 16.2 Å². The highest BCUT2D eigenvalue weighted by Crippen LogP contribution is 2.24. The summed E-state index contributed by atoms with van der Waals surface area (Å²) < 4.78 is 0. The van der Waals surface area contributed by atoms with E-state index in [4.69, 9.17) is 0 Å². The molecule has 1 heterocycles. The molecule has 0 saturated carbocycles. The van der Waals surface area contributed by atoms with E-state index in [-0.39, 0.29) is 18.0 Å². The summed E-state index contributed by atoms with van der Waals surface area (Å²) in [4.78, 5) is 12.3. The van der Waals surface area contributed by atoms with E-state index in [9.17, 15) is 4.79 Å². The number of aryl methyl sites for hydroxylation is 2. The van der Waals surface area contributed by atoms with Crippen molar-refractivity contribution in [1.82, 2.24) is 16.2 Å². The van der Waals surface area contributed by atoms with Gasteiger partial charge in [0.1, 0.15) is 6.04 Å². The summed E-state index contributed by atoms with van der Waals surface area (Å²) in [6.07, 6.45) is 0.753. The maximum atomic E-state index is 12.3. The average molecular weight is 309 g/mol. The third kappa shape index (κ3) is 3.78. The van der Waals surface area contributed by atoms with Crippen LogP contribution in [-0.2, 0) is 11.3 Å². The van der Waals surface area contributed by atoms with Crippen LogP contribution in [0.1, 0.15) is 34.7 Å². The van der Waals surface area contributed by atoms with E-state index in [0.29, 0.717) is 6.54 Å². The van der Waals surface area contributed by atoms with Gasteiger partial charge in [0.15, 0.2) is 0 Å². The summed E-state index contributed by atoms with van der Waals surface area (Å²) in [5.74, 6) is 0.0349. The van der Waals surface area contributed by atoms with Gasteiger partial charge in [0.25, 0.3) is 0 Å². The lowest BCUT2D eigenvalue weighted by Crippen LogP contribution is -2.42. The van der Waals surface area contributed by atoms with Crippen molar-refractivity contribution in [1.29, 1.82) is 0 Å². The van der Waals surface area contributed by atoms with Crippen molar-refractivity contribution in [3.8, 4) is 0 Å². The Hall–Kier alpha value is -2.17. The van der Waals surface area contributed by atoms with E-state index < -0.39 is 0 Å². The van der Waals surface area contributed by atoms with Crippen LogP contribution >= 0.6 is 0 Å². The van der Waals surface area contributed by atoms with Gasteiger partial charge in [-0.2, -0.15) is 0 Å². The van der Waals surface area contributed by atoms with Crippen molar-refractivity contribution in [2.75, 3.05) is 0 Å². The Kier molecular flexibility index (Phi) is 4.74. The first kappa shape index (κ1) is 15.7. The number of benzene rings is 2. The zero-order valence-electron chi connectivity index (χ0n) is 13.6. The van der Waals surface area contributed by atoms with E-state index in [1.54, 1.807) is 0 Å². The largest absolute Gasteiger partial charge is 0.351 e. The van der Waals surface area contributed by atoms with Crippen molar-refractivity contribution in [3.63, 3.8) is 0 Å². The normalized spacial score (nSPS) is 20.4. The molecule has 0 aromatic heterocycles. The number of hydrazine groups is 1. The molecule has 2 aromatic rings. The number of carbonyl (C=O) groups is 1. The minimum absolute atomic E-state index is 0.0349. The van der Waals surface area contributed by atoms with Crippen LogP contribution in [0.5, 0.6) is 0 Å². The molecule has 0 spiro atoms. The van der Waals surface area contributed by atoms with Gasteiger partial charge in [-0.05, 0) is 42.5 Å². The molecule has 3 rings (SSSR count). The molecular formula is C19H23N3O. The SMILES string of the molecule is Cc1ccc(C2CC(C(=O)NCc3ccccc3)NN2)cc1C. The molecule has 2 aromatic carbocycles. The van der Waals surface area contributed by atoms with Gasteiger partial charge < -0.3 is 5.32 Å². The second kappa shape index (κ2) is 6.94. The first-order chi connectivity index (χ1) is 11.1. The number of carbonyl (C=O) groups excluding carboxylic acids is 1. The van der Waals surface area contributed by atoms with Crippen LogP contribution in [0.25, 0.3) is 0 Å². The summed E-state index contributed by atoms with van der Waals surface area (Å²) in [5.41, 5.74) is 11.2. The van der Waals surface area contributed by atoms with Crippen molar-refractivity contribution in [2.45, 2.75) is 38.9 Å². The fourth-order valence-electron chi connectivity index (χ4n) is 2.84. The van der Waals surface area contributed by atoms with E-state index in [0.717, 1.165) is 12.0 Å². The molecule has 1 amide bonds. The first-order valence-corrected chi connectivity index (χ1v) is 8.03. The Morgan fingerprint density at radius 2 is 1.87 bits per heavy atom.